The summed E-state index contributed by atoms with van der Waals surface area (Å²) in [5.41, 5.74) is 2.98. The van der Waals surface area contributed by atoms with Crippen LogP contribution in [0.4, 0.5) is 0 Å². The van der Waals surface area contributed by atoms with Crippen LogP contribution in [-0.2, 0) is 24.5 Å². The predicted molar refractivity (Wildman–Crippen MR) is 124 cm³/mol. The van der Waals surface area contributed by atoms with Gasteiger partial charge in [0.1, 0.15) is 12.4 Å². The van der Waals surface area contributed by atoms with Crippen molar-refractivity contribution in [2.45, 2.75) is 38.7 Å². The van der Waals surface area contributed by atoms with Crippen LogP contribution in [0, 0.1) is 13.8 Å². The molecule has 8 heteroatoms. The number of carbonyl (C=O) groups excluding carboxylic acids is 1. The standard InChI is InChI=1S/C23H25ClN4O2S/c1-4-10-28-20(14-30-19-11-16(2)22(24)17(3)12-19)26-27-23(28)31-15-21(29)25-13-18-8-6-5-7-9-18/h4-9,11-12H,1,10,13-15H2,2-3H3,(H,25,29). The number of aromatic nitrogens is 3. The van der Waals surface area contributed by atoms with Crippen molar-refractivity contribution < 1.29 is 9.53 Å². The zero-order valence-corrected chi connectivity index (χ0v) is 19.2. The van der Waals surface area contributed by atoms with Gasteiger partial charge in [-0.05, 0) is 42.7 Å². The van der Waals surface area contributed by atoms with Gasteiger partial charge in [-0.25, -0.2) is 0 Å². The van der Waals surface area contributed by atoms with E-state index in [0.29, 0.717) is 24.1 Å². The number of benzene rings is 2. The van der Waals surface area contributed by atoms with Gasteiger partial charge >= 0.3 is 0 Å². The van der Waals surface area contributed by atoms with E-state index in [1.165, 1.54) is 11.8 Å². The van der Waals surface area contributed by atoms with Gasteiger partial charge in [0.05, 0.1) is 5.75 Å². The molecular formula is C23H25ClN4O2S. The fourth-order valence-electron chi connectivity index (χ4n) is 2.96. The second kappa shape index (κ2) is 11.0. The molecule has 0 saturated carbocycles. The lowest BCUT2D eigenvalue weighted by Crippen LogP contribution is -2.24. The van der Waals surface area contributed by atoms with Crippen LogP contribution in [-0.4, -0.2) is 26.4 Å². The second-order valence-electron chi connectivity index (χ2n) is 7.01. The van der Waals surface area contributed by atoms with Gasteiger partial charge in [-0.15, -0.1) is 16.8 Å². The minimum absolute atomic E-state index is 0.0630. The molecule has 1 amide bonds. The van der Waals surface area contributed by atoms with Crippen LogP contribution in [0.25, 0.3) is 0 Å². The van der Waals surface area contributed by atoms with Gasteiger partial charge < -0.3 is 10.1 Å². The number of nitrogens with zero attached hydrogens (tertiary/aromatic N) is 3. The van der Waals surface area contributed by atoms with E-state index in [0.717, 1.165) is 27.5 Å². The Hall–Kier alpha value is -2.77. The lowest BCUT2D eigenvalue weighted by atomic mass is 10.1. The van der Waals surface area contributed by atoms with Crippen molar-refractivity contribution in [3.8, 4) is 5.75 Å². The first-order valence-electron chi connectivity index (χ1n) is 9.84. The highest BCUT2D eigenvalue weighted by atomic mass is 35.5. The van der Waals surface area contributed by atoms with E-state index in [2.05, 4.69) is 22.1 Å². The van der Waals surface area contributed by atoms with E-state index in [9.17, 15) is 4.79 Å². The fourth-order valence-corrected chi connectivity index (χ4v) is 3.87. The predicted octanol–water partition coefficient (Wildman–Crippen LogP) is 4.72. The quantitative estimate of drug-likeness (QED) is 0.353. The van der Waals surface area contributed by atoms with Crippen molar-refractivity contribution in [1.29, 1.82) is 0 Å². The maximum Gasteiger partial charge on any atom is 0.230 e. The summed E-state index contributed by atoms with van der Waals surface area (Å²) in [5, 5.41) is 12.8. The molecule has 0 radical (unpaired) electrons. The zero-order chi connectivity index (χ0) is 22.2. The number of aryl methyl sites for hydroxylation is 2. The van der Waals surface area contributed by atoms with E-state index in [1.807, 2.05) is 60.9 Å². The van der Waals surface area contributed by atoms with Crippen LogP contribution in [0.1, 0.15) is 22.5 Å². The minimum Gasteiger partial charge on any atom is -0.486 e. The topological polar surface area (TPSA) is 69.0 Å². The molecule has 0 fully saturated rings. The van der Waals surface area contributed by atoms with Gasteiger partial charge in [0.25, 0.3) is 0 Å². The van der Waals surface area contributed by atoms with Crippen molar-refractivity contribution in [2.75, 3.05) is 5.75 Å². The molecule has 0 aliphatic heterocycles. The molecule has 2 aromatic carbocycles. The molecule has 1 aromatic heterocycles. The Morgan fingerprint density at radius 2 is 1.94 bits per heavy atom. The van der Waals surface area contributed by atoms with Gasteiger partial charge in [-0.2, -0.15) is 0 Å². The zero-order valence-electron chi connectivity index (χ0n) is 17.6. The number of nitrogens with one attached hydrogen (secondary N) is 1. The molecule has 3 aromatic rings. The highest BCUT2D eigenvalue weighted by Gasteiger charge is 2.14. The molecule has 0 saturated heterocycles. The summed E-state index contributed by atoms with van der Waals surface area (Å²) in [6.45, 7) is 8.97. The molecule has 6 nitrogen and oxygen atoms in total. The van der Waals surface area contributed by atoms with Crippen LogP contribution < -0.4 is 10.1 Å². The van der Waals surface area contributed by atoms with Gasteiger partial charge in [0.15, 0.2) is 11.0 Å². The van der Waals surface area contributed by atoms with E-state index < -0.39 is 0 Å². The molecule has 0 unspecified atom stereocenters. The number of hydrogen-bond acceptors (Lipinski definition) is 5. The molecule has 0 atom stereocenters. The normalized spacial score (nSPS) is 10.7. The average molecular weight is 457 g/mol. The average Bonchev–Trinajstić information content (AvgIpc) is 3.15. The van der Waals surface area contributed by atoms with Gasteiger partial charge in [0, 0.05) is 18.1 Å². The SMILES string of the molecule is C=CCn1c(COc2cc(C)c(Cl)c(C)c2)nnc1SCC(=O)NCc1ccccc1. The first kappa shape index (κ1) is 22.9. The third-order valence-electron chi connectivity index (χ3n) is 4.55. The third kappa shape index (κ3) is 6.35. The number of rotatable bonds is 10. The van der Waals surface area contributed by atoms with Crippen LogP contribution in [0.3, 0.4) is 0 Å². The van der Waals surface area contributed by atoms with Crippen LogP contribution in [0.5, 0.6) is 5.75 Å². The largest absolute Gasteiger partial charge is 0.486 e. The summed E-state index contributed by atoms with van der Waals surface area (Å²) in [7, 11) is 0. The molecule has 0 bridgehead atoms. The number of carbonyl (C=O) groups is 1. The number of halogens is 1. The summed E-state index contributed by atoms with van der Waals surface area (Å²) in [5.74, 6) is 1.57. The highest BCUT2D eigenvalue weighted by molar-refractivity contribution is 7.99. The number of thioether (sulfide) groups is 1. The molecule has 1 N–H and O–H groups in total. The molecule has 0 spiro atoms. The monoisotopic (exact) mass is 456 g/mol. The van der Waals surface area contributed by atoms with E-state index in [-0.39, 0.29) is 18.3 Å². The Kier molecular flexibility index (Phi) is 8.14. The maximum atomic E-state index is 12.2. The van der Waals surface area contributed by atoms with Crippen LogP contribution >= 0.6 is 23.4 Å². The van der Waals surface area contributed by atoms with E-state index in [4.69, 9.17) is 16.3 Å². The molecular weight excluding hydrogens is 432 g/mol. The number of hydrogen-bond donors (Lipinski definition) is 1. The summed E-state index contributed by atoms with van der Waals surface area (Å²) in [4.78, 5) is 12.2. The third-order valence-corrected chi connectivity index (χ3v) is 6.11. The highest BCUT2D eigenvalue weighted by Crippen LogP contribution is 2.26. The van der Waals surface area contributed by atoms with Crippen molar-refractivity contribution in [2.24, 2.45) is 0 Å². The smallest absolute Gasteiger partial charge is 0.230 e. The Bertz CT molecular complexity index is 1030. The fraction of sp³-hybridized carbons (Fsp3) is 0.261. The number of ether oxygens (including phenoxy) is 1. The lowest BCUT2D eigenvalue weighted by Gasteiger charge is -2.11. The van der Waals surface area contributed by atoms with Crippen molar-refractivity contribution in [1.82, 2.24) is 20.1 Å². The molecule has 0 aliphatic carbocycles. The van der Waals surface area contributed by atoms with Crippen molar-refractivity contribution in [3.63, 3.8) is 0 Å². The Morgan fingerprint density at radius 3 is 2.61 bits per heavy atom. The summed E-state index contributed by atoms with van der Waals surface area (Å²) >= 11 is 7.56. The Balaban J connectivity index is 1.59. The summed E-state index contributed by atoms with van der Waals surface area (Å²) in [6, 6.07) is 13.6. The van der Waals surface area contributed by atoms with E-state index in [1.54, 1.807) is 6.08 Å². The lowest BCUT2D eigenvalue weighted by molar-refractivity contribution is -0.118. The first-order chi connectivity index (χ1) is 15.0. The summed E-state index contributed by atoms with van der Waals surface area (Å²) < 4.78 is 7.82. The van der Waals surface area contributed by atoms with Gasteiger partial charge in [0.2, 0.25) is 5.91 Å². The number of amides is 1. The van der Waals surface area contributed by atoms with Crippen molar-refractivity contribution >= 4 is 29.3 Å². The molecule has 31 heavy (non-hydrogen) atoms. The van der Waals surface area contributed by atoms with E-state index >= 15 is 0 Å². The maximum absolute atomic E-state index is 12.2. The molecule has 1 heterocycles. The number of allylic oxidation sites excluding steroid dienone is 1. The second-order valence-corrected chi connectivity index (χ2v) is 8.33. The minimum atomic E-state index is -0.0630. The van der Waals surface area contributed by atoms with Crippen molar-refractivity contribution in [3.05, 3.63) is 82.7 Å². The Labute approximate surface area is 191 Å². The van der Waals surface area contributed by atoms with Gasteiger partial charge in [-0.3, -0.25) is 9.36 Å². The van der Waals surface area contributed by atoms with Crippen LogP contribution in [0.15, 0.2) is 60.3 Å². The summed E-state index contributed by atoms with van der Waals surface area (Å²) in [6.07, 6.45) is 1.77. The molecule has 0 aliphatic rings. The van der Waals surface area contributed by atoms with Crippen LogP contribution in [0.2, 0.25) is 5.02 Å². The molecule has 162 valence electrons. The molecule has 3 rings (SSSR count). The Morgan fingerprint density at radius 1 is 1.23 bits per heavy atom. The first-order valence-corrected chi connectivity index (χ1v) is 11.2. The van der Waals surface area contributed by atoms with Gasteiger partial charge in [-0.1, -0.05) is 59.8 Å².